The minimum atomic E-state index is 0.461. The number of benzene rings is 2. The van der Waals surface area contributed by atoms with Gasteiger partial charge in [0.2, 0.25) is 0 Å². The van der Waals surface area contributed by atoms with Crippen molar-refractivity contribution in [1.82, 2.24) is 0 Å². The van der Waals surface area contributed by atoms with Crippen molar-refractivity contribution in [1.29, 1.82) is 0 Å². The SMILES string of the molecule is NCc1cc(Cl)ccc1-c1cccc(Cl)c1. The molecule has 3 heteroatoms. The van der Waals surface area contributed by atoms with E-state index in [9.17, 15) is 0 Å². The predicted octanol–water partition coefficient (Wildman–Crippen LogP) is 4.12. The minimum absolute atomic E-state index is 0.461. The van der Waals surface area contributed by atoms with E-state index in [-0.39, 0.29) is 0 Å². The largest absolute Gasteiger partial charge is 0.326 e. The molecule has 2 N–H and O–H groups in total. The molecule has 0 aliphatic carbocycles. The van der Waals surface area contributed by atoms with Gasteiger partial charge in [-0.2, -0.15) is 0 Å². The first-order valence-corrected chi connectivity index (χ1v) is 5.71. The van der Waals surface area contributed by atoms with Crippen molar-refractivity contribution in [2.24, 2.45) is 5.73 Å². The molecule has 0 unspecified atom stereocenters. The van der Waals surface area contributed by atoms with Gasteiger partial charge in [-0.25, -0.2) is 0 Å². The van der Waals surface area contributed by atoms with Crippen molar-refractivity contribution in [3.05, 3.63) is 58.1 Å². The van der Waals surface area contributed by atoms with E-state index in [1.54, 1.807) is 0 Å². The smallest absolute Gasteiger partial charge is 0.0412 e. The quantitative estimate of drug-likeness (QED) is 0.854. The predicted molar refractivity (Wildman–Crippen MR) is 69.8 cm³/mol. The van der Waals surface area contributed by atoms with Crippen molar-refractivity contribution in [3.8, 4) is 11.1 Å². The van der Waals surface area contributed by atoms with Crippen molar-refractivity contribution in [2.45, 2.75) is 6.54 Å². The zero-order chi connectivity index (χ0) is 11.5. The Morgan fingerprint density at radius 1 is 0.938 bits per heavy atom. The number of hydrogen-bond acceptors (Lipinski definition) is 1. The fraction of sp³-hybridized carbons (Fsp3) is 0.0769. The van der Waals surface area contributed by atoms with Crippen molar-refractivity contribution in [2.75, 3.05) is 0 Å². The molecule has 2 rings (SSSR count). The lowest BCUT2D eigenvalue weighted by atomic mass is 10.00. The second kappa shape index (κ2) is 4.88. The summed E-state index contributed by atoms with van der Waals surface area (Å²) in [5.74, 6) is 0. The standard InChI is InChI=1S/C13H11Cl2N/c14-11-3-1-2-9(6-11)13-5-4-12(15)7-10(13)8-16/h1-7H,8,16H2. The second-order valence-electron chi connectivity index (χ2n) is 3.52. The van der Waals surface area contributed by atoms with Crippen molar-refractivity contribution >= 4 is 23.2 Å². The van der Waals surface area contributed by atoms with Gasteiger partial charge in [0.1, 0.15) is 0 Å². The van der Waals surface area contributed by atoms with E-state index < -0.39 is 0 Å². The fourth-order valence-corrected chi connectivity index (χ4v) is 2.05. The molecule has 0 heterocycles. The van der Waals surface area contributed by atoms with E-state index in [2.05, 4.69) is 0 Å². The van der Waals surface area contributed by atoms with Crippen LogP contribution in [0.5, 0.6) is 0 Å². The first-order chi connectivity index (χ1) is 7.70. The molecule has 82 valence electrons. The second-order valence-corrected chi connectivity index (χ2v) is 4.39. The Balaban J connectivity index is 2.55. The highest BCUT2D eigenvalue weighted by molar-refractivity contribution is 6.31. The first-order valence-electron chi connectivity index (χ1n) is 4.95. The molecule has 16 heavy (non-hydrogen) atoms. The lowest BCUT2D eigenvalue weighted by Gasteiger charge is -2.08. The molecule has 0 aromatic heterocycles. The third-order valence-electron chi connectivity index (χ3n) is 2.42. The molecule has 0 saturated carbocycles. The molecule has 0 fully saturated rings. The van der Waals surface area contributed by atoms with E-state index in [4.69, 9.17) is 28.9 Å². The molecule has 0 bridgehead atoms. The topological polar surface area (TPSA) is 26.0 Å². The third kappa shape index (κ3) is 2.38. The summed E-state index contributed by atoms with van der Waals surface area (Å²) in [6.07, 6.45) is 0. The van der Waals surface area contributed by atoms with Gasteiger partial charge in [-0.3, -0.25) is 0 Å². The van der Waals surface area contributed by atoms with E-state index in [1.165, 1.54) is 0 Å². The van der Waals surface area contributed by atoms with Gasteiger partial charge in [0.25, 0.3) is 0 Å². The normalized spacial score (nSPS) is 10.4. The van der Waals surface area contributed by atoms with Gasteiger partial charge in [-0.1, -0.05) is 41.4 Å². The molecule has 0 saturated heterocycles. The van der Waals surface area contributed by atoms with Gasteiger partial charge >= 0.3 is 0 Å². The highest BCUT2D eigenvalue weighted by atomic mass is 35.5. The Morgan fingerprint density at radius 3 is 2.38 bits per heavy atom. The zero-order valence-electron chi connectivity index (χ0n) is 8.58. The number of nitrogens with two attached hydrogens (primary N) is 1. The summed E-state index contributed by atoms with van der Waals surface area (Å²) in [6.45, 7) is 0.461. The average Bonchev–Trinajstić information content (AvgIpc) is 2.28. The molecule has 0 amide bonds. The number of rotatable bonds is 2. The van der Waals surface area contributed by atoms with Crippen molar-refractivity contribution in [3.63, 3.8) is 0 Å². The molecule has 2 aromatic carbocycles. The summed E-state index contributed by atoms with van der Waals surface area (Å²) in [6, 6.07) is 13.4. The monoisotopic (exact) mass is 251 g/mol. The van der Waals surface area contributed by atoms with Gasteiger partial charge in [-0.15, -0.1) is 0 Å². The van der Waals surface area contributed by atoms with Crippen LogP contribution in [0.2, 0.25) is 10.0 Å². The molecule has 2 aromatic rings. The van der Waals surface area contributed by atoms with Crippen LogP contribution < -0.4 is 5.73 Å². The van der Waals surface area contributed by atoms with Crippen molar-refractivity contribution < 1.29 is 0 Å². The Labute approximate surface area is 105 Å². The molecule has 0 spiro atoms. The Bertz CT molecular complexity index is 509. The van der Waals surface area contributed by atoms with Crippen LogP contribution in [-0.2, 0) is 6.54 Å². The summed E-state index contributed by atoms with van der Waals surface area (Å²) in [7, 11) is 0. The lowest BCUT2D eigenvalue weighted by Crippen LogP contribution is -1.98. The molecular weight excluding hydrogens is 241 g/mol. The van der Waals surface area contributed by atoms with Crippen LogP contribution in [0.4, 0.5) is 0 Å². The number of hydrogen-bond donors (Lipinski definition) is 1. The summed E-state index contributed by atoms with van der Waals surface area (Å²) in [5, 5.41) is 1.42. The maximum absolute atomic E-state index is 5.96. The maximum atomic E-state index is 5.96. The summed E-state index contributed by atoms with van der Waals surface area (Å²) >= 11 is 11.9. The van der Waals surface area contributed by atoms with Crippen LogP contribution in [0.15, 0.2) is 42.5 Å². The van der Waals surface area contributed by atoms with Crippen LogP contribution >= 0.6 is 23.2 Å². The average molecular weight is 252 g/mol. The maximum Gasteiger partial charge on any atom is 0.0412 e. The molecule has 0 aliphatic rings. The molecule has 0 radical (unpaired) electrons. The van der Waals surface area contributed by atoms with Gasteiger partial charge in [0.05, 0.1) is 0 Å². The van der Waals surface area contributed by atoms with Crippen LogP contribution in [0.25, 0.3) is 11.1 Å². The Hall–Kier alpha value is -1.02. The summed E-state index contributed by atoms with van der Waals surface area (Å²) in [5.41, 5.74) is 8.86. The summed E-state index contributed by atoms with van der Waals surface area (Å²) in [4.78, 5) is 0. The lowest BCUT2D eigenvalue weighted by molar-refractivity contribution is 1.07. The van der Waals surface area contributed by atoms with Gasteiger partial charge in [-0.05, 0) is 41.0 Å². The van der Waals surface area contributed by atoms with Crippen LogP contribution in [0.3, 0.4) is 0 Å². The van der Waals surface area contributed by atoms with Gasteiger partial charge in [0.15, 0.2) is 0 Å². The van der Waals surface area contributed by atoms with E-state index in [0.717, 1.165) is 21.7 Å². The highest BCUT2D eigenvalue weighted by Gasteiger charge is 2.05. The molecule has 0 aliphatic heterocycles. The summed E-state index contributed by atoms with van der Waals surface area (Å²) < 4.78 is 0. The van der Waals surface area contributed by atoms with Gasteiger partial charge < -0.3 is 5.73 Å². The fourth-order valence-electron chi connectivity index (χ4n) is 1.67. The third-order valence-corrected chi connectivity index (χ3v) is 2.89. The Kier molecular flexibility index (Phi) is 3.49. The first kappa shape index (κ1) is 11.5. The van der Waals surface area contributed by atoms with Gasteiger partial charge in [0, 0.05) is 16.6 Å². The van der Waals surface area contributed by atoms with E-state index >= 15 is 0 Å². The van der Waals surface area contributed by atoms with E-state index in [1.807, 2.05) is 42.5 Å². The zero-order valence-corrected chi connectivity index (χ0v) is 10.1. The number of halogens is 2. The minimum Gasteiger partial charge on any atom is -0.326 e. The highest BCUT2D eigenvalue weighted by Crippen LogP contribution is 2.28. The molecular formula is C13H11Cl2N. The Morgan fingerprint density at radius 2 is 1.69 bits per heavy atom. The molecule has 0 atom stereocenters. The van der Waals surface area contributed by atoms with Crippen LogP contribution in [-0.4, -0.2) is 0 Å². The van der Waals surface area contributed by atoms with E-state index in [0.29, 0.717) is 11.6 Å². The van der Waals surface area contributed by atoms with Crippen LogP contribution in [0.1, 0.15) is 5.56 Å². The van der Waals surface area contributed by atoms with Crippen LogP contribution in [0, 0.1) is 0 Å². The molecule has 1 nitrogen and oxygen atoms in total.